The second kappa shape index (κ2) is 5.90. The first-order valence-electron chi connectivity index (χ1n) is 8.30. The second-order valence-electron chi connectivity index (χ2n) is 6.31. The van der Waals surface area contributed by atoms with Crippen molar-refractivity contribution in [3.05, 3.63) is 66.2 Å². The summed E-state index contributed by atoms with van der Waals surface area (Å²) in [5.74, 6) is 0. The number of thiazole rings is 2. The summed E-state index contributed by atoms with van der Waals surface area (Å²) in [5.41, 5.74) is 12.1. The molecule has 2 heterocycles. The lowest BCUT2D eigenvalue weighted by molar-refractivity contribution is 1.45. The Bertz CT molecular complexity index is 1250. The largest absolute Gasteiger partial charge is 0.399 e. The van der Waals surface area contributed by atoms with E-state index in [-0.39, 0.29) is 0 Å². The molecular formula is C21H15N3S2. The van der Waals surface area contributed by atoms with Crippen LogP contribution in [-0.4, -0.2) is 9.97 Å². The van der Waals surface area contributed by atoms with Gasteiger partial charge in [0.25, 0.3) is 0 Å². The fraction of sp³-hybridized carbons (Fsp3) is 0.0476. The third kappa shape index (κ3) is 2.66. The van der Waals surface area contributed by atoms with E-state index >= 15 is 0 Å². The van der Waals surface area contributed by atoms with Crippen LogP contribution in [0.15, 0.2) is 60.7 Å². The highest BCUT2D eigenvalue weighted by Crippen LogP contribution is 2.36. The second-order valence-corrected chi connectivity index (χ2v) is 8.38. The van der Waals surface area contributed by atoms with Crippen LogP contribution in [0.4, 0.5) is 5.69 Å². The van der Waals surface area contributed by atoms with E-state index in [4.69, 9.17) is 15.7 Å². The highest BCUT2D eigenvalue weighted by Gasteiger charge is 2.11. The van der Waals surface area contributed by atoms with Crippen molar-refractivity contribution in [1.29, 1.82) is 0 Å². The van der Waals surface area contributed by atoms with Gasteiger partial charge < -0.3 is 5.73 Å². The number of aromatic nitrogens is 2. The quantitative estimate of drug-likeness (QED) is 0.379. The van der Waals surface area contributed by atoms with E-state index in [1.54, 1.807) is 22.7 Å². The van der Waals surface area contributed by atoms with Crippen LogP contribution in [0.25, 0.3) is 41.6 Å². The van der Waals surface area contributed by atoms with Crippen LogP contribution in [0.5, 0.6) is 0 Å². The molecule has 0 atom stereocenters. The fourth-order valence-electron chi connectivity index (χ4n) is 2.96. The van der Waals surface area contributed by atoms with Crippen molar-refractivity contribution in [1.82, 2.24) is 9.97 Å². The van der Waals surface area contributed by atoms with Gasteiger partial charge in [0.2, 0.25) is 0 Å². The predicted octanol–water partition coefficient (Wildman–Crippen LogP) is 6.13. The Morgan fingerprint density at radius 1 is 0.692 bits per heavy atom. The Hall–Kier alpha value is -2.76. The Balaban J connectivity index is 1.59. The average Bonchev–Trinajstić information content (AvgIpc) is 3.25. The van der Waals surface area contributed by atoms with E-state index in [1.165, 1.54) is 15.0 Å². The Morgan fingerprint density at radius 3 is 2.00 bits per heavy atom. The molecule has 3 nitrogen and oxygen atoms in total. The van der Waals surface area contributed by atoms with Gasteiger partial charge in [0.05, 0.1) is 20.4 Å². The number of benzene rings is 3. The van der Waals surface area contributed by atoms with Crippen LogP contribution in [0, 0.1) is 6.92 Å². The molecule has 126 valence electrons. The van der Waals surface area contributed by atoms with E-state index < -0.39 is 0 Å². The molecular weight excluding hydrogens is 358 g/mol. The number of hydrogen-bond donors (Lipinski definition) is 1. The normalized spacial score (nSPS) is 11.4. The minimum atomic E-state index is 0.767. The zero-order valence-corrected chi connectivity index (χ0v) is 15.7. The predicted molar refractivity (Wildman–Crippen MR) is 113 cm³/mol. The van der Waals surface area contributed by atoms with E-state index in [0.29, 0.717) is 0 Å². The monoisotopic (exact) mass is 373 g/mol. The average molecular weight is 374 g/mol. The van der Waals surface area contributed by atoms with Gasteiger partial charge in [-0.2, -0.15) is 0 Å². The summed E-state index contributed by atoms with van der Waals surface area (Å²) < 4.78 is 2.40. The van der Waals surface area contributed by atoms with Crippen LogP contribution < -0.4 is 5.73 Å². The summed E-state index contributed by atoms with van der Waals surface area (Å²) in [6.45, 7) is 2.11. The molecule has 26 heavy (non-hydrogen) atoms. The number of nitrogens with zero attached hydrogens (tertiary/aromatic N) is 2. The lowest BCUT2D eigenvalue weighted by Crippen LogP contribution is -1.83. The first-order chi connectivity index (χ1) is 12.7. The topological polar surface area (TPSA) is 51.8 Å². The molecule has 3 aromatic carbocycles. The van der Waals surface area contributed by atoms with Crippen LogP contribution in [0.1, 0.15) is 5.56 Å². The maximum atomic E-state index is 5.78. The number of fused-ring (bicyclic) bond motifs is 2. The zero-order chi connectivity index (χ0) is 17.7. The van der Waals surface area contributed by atoms with E-state index in [9.17, 15) is 0 Å². The third-order valence-corrected chi connectivity index (χ3v) is 6.47. The van der Waals surface area contributed by atoms with Crippen molar-refractivity contribution < 1.29 is 0 Å². The molecule has 0 bridgehead atoms. The van der Waals surface area contributed by atoms with Gasteiger partial charge in [0, 0.05) is 16.8 Å². The Morgan fingerprint density at radius 2 is 1.27 bits per heavy atom. The molecule has 0 spiro atoms. The van der Waals surface area contributed by atoms with E-state index in [0.717, 1.165) is 37.9 Å². The molecule has 2 aromatic heterocycles. The van der Waals surface area contributed by atoms with Crippen molar-refractivity contribution in [3.8, 4) is 21.1 Å². The van der Waals surface area contributed by atoms with Crippen molar-refractivity contribution >= 4 is 48.8 Å². The number of hydrogen-bond acceptors (Lipinski definition) is 5. The fourth-order valence-corrected chi connectivity index (χ4v) is 5.03. The number of nitrogen functional groups attached to an aromatic ring is 1. The maximum Gasteiger partial charge on any atom is 0.124 e. The molecule has 2 N–H and O–H groups in total. The maximum absolute atomic E-state index is 5.78. The summed E-state index contributed by atoms with van der Waals surface area (Å²) in [6, 6.07) is 20.6. The van der Waals surface area contributed by atoms with Gasteiger partial charge in [-0.15, -0.1) is 22.7 Å². The lowest BCUT2D eigenvalue weighted by Gasteiger charge is -1.95. The van der Waals surface area contributed by atoms with Gasteiger partial charge in [-0.3, -0.25) is 0 Å². The molecule has 0 aliphatic carbocycles. The molecule has 0 amide bonds. The van der Waals surface area contributed by atoms with Crippen molar-refractivity contribution in [2.45, 2.75) is 6.92 Å². The van der Waals surface area contributed by atoms with E-state index in [1.807, 2.05) is 24.3 Å². The van der Waals surface area contributed by atoms with Gasteiger partial charge in [-0.25, -0.2) is 9.97 Å². The number of nitrogens with two attached hydrogens (primary N) is 1. The zero-order valence-electron chi connectivity index (χ0n) is 14.1. The highest BCUT2D eigenvalue weighted by molar-refractivity contribution is 7.22. The van der Waals surface area contributed by atoms with Crippen molar-refractivity contribution in [2.75, 3.05) is 5.73 Å². The summed E-state index contributed by atoms with van der Waals surface area (Å²) in [4.78, 5) is 9.56. The number of aryl methyl sites for hydroxylation is 1. The molecule has 5 rings (SSSR count). The Labute approximate surface area is 158 Å². The summed E-state index contributed by atoms with van der Waals surface area (Å²) in [6.07, 6.45) is 0. The third-order valence-electron chi connectivity index (χ3n) is 4.34. The highest BCUT2D eigenvalue weighted by atomic mass is 32.1. The first kappa shape index (κ1) is 15.5. The van der Waals surface area contributed by atoms with Gasteiger partial charge in [0.1, 0.15) is 10.0 Å². The smallest absolute Gasteiger partial charge is 0.124 e. The minimum Gasteiger partial charge on any atom is -0.399 e. The van der Waals surface area contributed by atoms with Crippen molar-refractivity contribution in [3.63, 3.8) is 0 Å². The standard InChI is InChI=1S/C21H15N3S2/c1-12-2-8-16-18(10-12)25-21(24-16)14-5-9-17-19(11-14)26-20(23-17)13-3-6-15(22)7-4-13/h2-11H,22H2,1H3. The molecule has 0 aliphatic heterocycles. The number of anilines is 1. The van der Waals surface area contributed by atoms with Crippen LogP contribution in [0.3, 0.4) is 0 Å². The summed E-state index contributed by atoms with van der Waals surface area (Å²) in [7, 11) is 0. The first-order valence-corrected chi connectivity index (χ1v) is 9.93. The Kier molecular flexibility index (Phi) is 3.51. The van der Waals surface area contributed by atoms with E-state index in [2.05, 4.69) is 43.3 Å². The molecule has 0 saturated carbocycles. The van der Waals surface area contributed by atoms with Crippen molar-refractivity contribution in [2.24, 2.45) is 0 Å². The molecule has 0 saturated heterocycles. The van der Waals surface area contributed by atoms with Gasteiger partial charge in [-0.05, 0) is 67.1 Å². The molecule has 0 unspecified atom stereocenters. The SMILES string of the molecule is Cc1ccc2nc(-c3ccc4nc(-c5ccc(N)cc5)sc4c3)sc2c1. The van der Waals surface area contributed by atoms with Gasteiger partial charge >= 0.3 is 0 Å². The number of rotatable bonds is 2. The molecule has 0 aliphatic rings. The summed E-state index contributed by atoms with van der Waals surface area (Å²) >= 11 is 3.44. The van der Waals surface area contributed by atoms with Gasteiger partial charge in [0.15, 0.2) is 0 Å². The molecule has 5 aromatic rings. The van der Waals surface area contributed by atoms with Crippen LogP contribution in [0.2, 0.25) is 0 Å². The van der Waals surface area contributed by atoms with Gasteiger partial charge in [-0.1, -0.05) is 6.07 Å². The molecule has 5 heteroatoms. The van der Waals surface area contributed by atoms with Crippen LogP contribution in [-0.2, 0) is 0 Å². The lowest BCUT2D eigenvalue weighted by atomic mass is 10.2. The minimum absolute atomic E-state index is 0.767. The summed E-state index contributed by atoms with van der Waals surface area (Å²) in [5, 5.41) is 2.06. The molecule has 0 radical (unpaired) electrons. The van der Waals surface area contributed by atoms with Crippen LogP contribution >= 0.6 is 22.7 Å². The molecule has 0 fully saturated rings.